The molecular weight excluding hydrogens is 306 g/mol. The van der Waals surface area contributed by atoms with E-state index in [1.54, 1.807) is 43.3 Å². The van der Waals surface area contributed by atoms with E-state index < -0.39 is 11.9 Å². The number of rotatable bonds is 5. The summed E-state index contributed by atoms with van der Waals surface area (Å²) in [6.45, 7) is 1.50. The molecule has 2 aromatic rings. The van der Waals surface area contributed by atoms with E-state index in [-0.39, 0.29) is 17.9 Å². The quantitative estimate of drug-likeness (QED) is 0.886. The second-order valence-corrected chi connectivity index (χ2v) is 5.03. The van der Waals surface area contributed by atoms with Crippen molar-refractivity contribution in [1.82, 2.24) is 0 Å². The molecule has 5 nitrogen and oxygen atoms in total. The number of anilines is 1. The Morgan fingerprint density at radius 2 is 1.86 bits per heavy atom. The molecule has 0 aliphatic heterocycles. The molecule has 114 valence electrons. The zero-order valence-corrected chi connectivity index (χ0v) is 12.6. The number of ether oxygens (including phenoxy) is 1. The maximum absolute atomic E-state index is 11.9. The molecule has 22 heavy (non-hydrogen) atoms. The number of halogens is 1. The molecular formula is C16H14ClNO4. The lowest BCUT2D eigenvalue weighted by atomic mass is 10.1. The minimum Gasteiger partial charge on any atom is -0.484 e. The number of aromatic carboxylic acids is 1. The number of amides is 1. The predicted molar refractivity (Wildman–Crippen MR) is 83.7 cm³/mol. The van der Waals surface area contributed by atoms with Gasteiger partial charge in [0.05, 0.1) is 11.3 Å². The molecule has 1 amide bonds. The zero-order chi connectivity index (χ0) is 16.1. The number of hydrogen-bond acceptors (Lipinski definition) is 3. The van der Waals surface area contributed by atoms with Gasteiger partial charge in [-0.2, -0.15) is 0 Å². The van der Waals surface area contributed by atoms with E-state index in [0.29, 0.717) is 16.3 Å². The van der Waals surface area contributed by atoms with Crippen LogP contribution in [0.5, 0.6) is 5.75 Å². The molecule has 0 unspecified atom stereocenters. The van der Waals surface area contributed by atoms with Crippen LogP contribution < -0.4 is 10.1 Å². The van der Waals surface area contributed by atoms with Gasteiger partial charge in [-0.05, 0) is 42.8 Å². The Morgan fingerprint density at radius 3 is 2.50 bits per heavy atom. The van der Waals surface area contributed by atoms with Gasteiger partial charge in [-0.15, -0.1) is 0 Å². The monoisotopic (exact) mass is 319 g/mol. The van der Waals surface area contributed by atoms with Crippen LogP contribution in [-0.2, 0) is 4.79 Å². The zero-order valence-electron chi connectivity index (χ0n) is 11.8. The fraction of sp³-hybridized carbons (Fsp3) is 0.125. The van der Waals surface area contributed by atoms with Crippen LogP contribution in [0.3, 0.4) is 0 Å². The number of aryl methyl sites for hydroxylation is 1. The van der Waals surface area contributed by atoms with Crippen molar-refractivity contribution in [2.75, 3.05) is 11.9 Å². The summed E-state index contributed by atoms with van der Waals surface area (Å²) >= 11 is 5.76. The van der Waals surface area contributed by atoms with Crippen molar-refractivity contribution in [3.63, 3.8) is 0 Å². The highest BCUT2D eigenvalue weighted by Crippen LogP contribution is 2.21. The van der Waals surface area contributed by atoms with Crippen molar-refractivity contribution < 1.29 is 19.4 Å². The van der Waals surface area contributed by atoms with Gasteiger partial charge in [-0.25, -0.2) is 4.79 Å². The third kappa shape index (κ3) is 3.99. The molecule has 0 aliphatic carbocycles. The van der Waals surface area contributed by atoms with E-state index in [1.807, 2.05) is 0 Å². The van der Waals surface area contributed by atoms with Gasteiger partial charge in [0, 0.05) is 5.02 Å². The van der Waals surface area contributed by atoms with Crippen molar-refractivity contribution in [2.24, 2.45) is 0 Å². The summed E-state index contributed by atoms with van der Waals surface area (Å²) in [4.78, 5) is 23.1. The van der Waals surface area contributed by atoms with E-state index in [2.05, 4.69) is 5.32 Å². The normalized spacial score (nSPS) is 10.1. The third-order valence-electron chi connectivity index (χ3n) is 2.95. The van der Waals surface area contributed by atoms with Crippen LogP contribution in [0.2, 0.25) is 5.02 Å². The molecule has 0 atom stereocenters. The molecule has 0 spiro atoms. The molecule has 0 bridgehead atoms. The summed E-state index contributed by atoms with van der Waals surface area (Å²) in [6.07, 6.45) is 0. The van der Waals surface area contributed by atoms with E-state index in [9.17, 15) is 9.59 Å². The summed E-state index contributed by atoms with van der Waals surface area (Å²) in [5.74, 6) is -1.04. The highest BCUT2D eigenvalue weighted by atomic mass is 35.5. The number of carbonyl (C=O) groups excluding carboxylic acids is 1. The number of carboxylic acids is 1. The average Bonchev–Trinajstić information content (AvgIpc) is 2.48. The lowest BCUT2D eigenvalue weighted by molar-refractivity contribution is -0.118. The molecule has 0 fully saturated rings. The minimum atomic E-state index is -1.10. The number of para-hydroxylation sites is 1. The van der Waals surface area contributed by atoms with Crippen molar-refractivity contribution in [3.8, 4) is 5.75 Å². The van der Waals surface area contributed by atoms with E-state index >= 15 is 0 Å². The largest absolute Gasteiger partial charge is 0.484 e. The van der Waals surface area contributed by atoms with Crippen LogP contribution in [0.25, 0.3) is 0 Å². The molecule has 0 aliphatic rings. The Kier molecular flexibility index (Phi) is 5.01. The van der Waals surface area contributed by atoms with Crippen LogP contribution in [0, 0.1) is 6.92 Å². The van der Waals surface area contributed by atoms with Crippen molar-refractivity contribution in [3.05, 3.63) is 58.6 Å². The Labute approximate surface area is 132 Å². The summed E-state index contributed by atoms with van der Waals surface area (Å²) in [6, 6.07) is 11.4. The first-order chi connectivity index (χ1) is 10.5. The number of benzene rings is 2. The number of hydrogen-bond donors (Lipinski definition) is 2. The van der Waals surface area contributed by atoms with Crippen molar-refractivity contribution in [2.45, 2.75) is 6.92 Å². The molecule has 2 rings (SSSR count). The first kappa shape index (κ1) is 15.9. The van der Waals surface area contributed by atoms with Gasteiger partial charge in [0.2, 0.25) is 0 Å². The van der Waals surface area contributed by atoms with Crippen LogP contribution in [-0.4, -0.2) is 23.6 Å². The van der Waals surface area contributed by atoms with Crippen LogP contribution >= 0.6 is 11.6 Å². The maximum atomic E-state index is 11.9. The van der Waals surface area contributed by atoms with Gasteiger partial charge in [-0.3, -0.25) is 4.79 Å². The number of carbonyl (C=O) groups is 2. The molecule has 2 aromatic carbocycles. The Balaban J connectivity index is 2.03. The fourth-order valence-corrected chi connectivity index (χ4v) is 1.99. The van der Waals surface area contributed by atoms with Gasteiger partial charge in [0.1, 0.15) is 5.75 Å². The van der Waals surface area contributed by atoms with Crippen LogP contribution in [0.15, 0.2) is 42.5 Å². The lowest BCUT2D eigenvalue weighted by Gasteiger charge is -2.12. The number of nitrogens with one attached hydrogen (secondary N) is 1. The minimum absolute atomic E-state index is 0.0415. The van der Waals surface area contributed by atoms with E-state index in [1.165, 1.54) is 6.07 Å². The first-order valence-corrected chi connectivity index (χ1v) is 6.86. The average molecular weight is 320 g/mol. The Hall–Kier alpha value is -2.53. The summed E-state index contributed by atoms with van der Waals surface area (Å²) < 4.78 is 5.32. The summed E-state index contributed by atoms with van der Waals surface area (Å²) in [5.41, 5.74) is 0.985. The molecule has 2 N–H and O–H groups in total. The topological polar surface area (TPSA) is 75.6 Å². The van der Waals surface area contributed by atoms with Gasteiger partial charge < -0.3 is 15.2 Å². The Morgan fingerprint density at radius 1 is 1.18 bits per heavy atom. The Bertz CT molecular complexity index is 698. The molecule has 0 aromatic heterocycles. The van der Waals surface area contributed by atoms with Gasteiger partial charge in [0.25, 0.3) is 5.91 Å². The second-order valence-electron chi connectivity index (χ2n) is 4.59. The maximum Gasteiger partial charge on any atom is 0.337 e. The summed E-state index contributed by atoms with van der Waals surface area (Å²) in [5, 5.41) is 12.3. The van der Waals surface area contributed by atoms with Gasteiger partial charge in [-0.1, -0.05) is 23.7 Å². The number of carboxylic acid groups (broad SMARTS) is 1. The second kappa shape index (κ2) is 6.95. The van der Waals surface area contributed by atoms with Gasteiger partial charge >= 0.3 is 5.97 Å². The van der Waals surface area contributed by atoms with Crippen LogP contribution in [0.4, 0.5) is 5.69 Å². The molecule has 0 heterocycles. The van der Waals surface area contributed by atoms with E-state index in [4.69, 9.17) is 21.4 Å². The molecule has 0 saturated heterocycles. The molecule has 0 saturated carbocycles. The standard InChI is InChI=1S/C16H14ClNO4/c1-10-3-2-4-13(16(20)21)15(10)18-14(19)9-22-12-7-5-11(17)6-8-12/h2-8H,9H2,1H3,(H,18,19)(H,20,21). The fourth-order valence-electron chi connectivity index (χ4n) is 1.87. The highest BCUT2D eigenvalue weighted by molar-refractivity contribution is 6.30. The first-order valence-electron chi connectivity index (χ1n) is 6.48. The third-order valence-corrected chi connectivity index (χ3v) is 3.20. The van der Waals surface area contributed by atoms with Crippen LogP contribution in [0.1, 0.15) is 15.9 Å². The van der Waals surface area contributed by atoms with E-state index in [0.717, 1.165) is 0 Å². The van der Waals surface area contributed by atoms with Crippen molar-refractivity contribution >= 4 is 29.2 Å². The SMILES string of the molecule is Cc1cccc(C(=O)O)c1NC(=O)COc1ccc(Cl)cc1. The smallest absolute Gasteiger partial charge is 0.337 e. The lowest BCUT2D eigenvalue weighted by Crippen LogP contribution is -2.22. The molecule has 0 radical (unpaired) electrons. The van der Waals surface area contributed by atoms with Crippen molar-refractivity contribution in [1.29, 1.82) is 0 Å². The van der Waals surface area contributed by atoms with Gasteiger partial charge in [0.15, 0.2) is 6.61 Å². The molecule has 6 heteroatoms. The predicted octanol–water partition coefficient (Wildman–Crippen LogP) is 3.36. The summed E-state index contributed by atoms with van der Waals surface area (Å²) in [7, 11) is 0. The highest BCUT2D eigenvalue weighted by Gasteiger charge is 2.14.